The number of aromatic amines is 1. The van der Waals surface area contributed by atoms with E-state index >= 15 is 0 Å². The maximum absolute atomic E-state index is 10.8. The maximum atomic E-state index is 10.8. The monoisotopic (exact) mass is 206 g/mol. The topological polar surface area (TPSA) is 45.8 Å². The van der Waals surface area contributed by atoms with Gasteiger partial charge in [0.05, 0.1) is 11.9 Å². The molecule has 1 heterocycles. The third-order valence-corrected chi connectivity index (χ3v) is 2.03. The zero-order valence-corrected chi connectivity index (χ0v) is 7.95. The fourth-order valence-corrected chi connectivity index (χ4v) is 1.34. The lowest BCUT2D eigenvalue weighted by Gasteiger charge is -1.99. The molecular formula is C10H7ClN2O. The molecule has 0 amide bonds. The summed E-state index contributed by atoms with van der Waals surface area (Å²) in [6, 6.07) is 7.30. The van der Waals surface area contributed by atoms with Crippen LogP contribution in [0.3, 0.4) is 0 Å². The highest BCUT2D eigenvalue weighted by Crippen LogP contribution is 2.18. The van der Waals surface area contributed by atoms with Crippen molar-refractivity contribution in [1.29, 1.82) is 0 Å². The summed E-state index contributed by atoms with van der Waals surface area (Å²) < 4.78 is 0. The molecule has 0 saturated carbocycles. The average molecular weight is 207 g/mol. The van der Waals surface area contributed by atoms with E-state index in [-0.39, 0.29) is 5.56 Å². The van der Waals surface area contributed by atoms with Crippen LogP contribution in [0, 0.1) is 0 Å². The maximum Gasteiger partial charge on any atom is 0.266 e. The zero-order valence-electron chi connectivity index (χ0n) is 7.20. The van der Waals surface area contributed by atoms with E-state index in [1.54, 1.807) is 18.3 Å². The number of nitrogens with zero attached hydrogens (tertiary/aromatic N) is 1. The molecule has 2 rings (SSSR count). The Hall–Kier alpha value is -1.61. The molecule has 1 aromatic carbocycles. The molecule has 0 spiro atoms. The summed E-state index contributed by atoms with van der Waals surface area (Å²) in [6.07, 6.45) is 2.81. The van der Waals surface area contributed by atoms with Gasteiger partial charge in [0.15, 0.2) is 0 Å². The van der Waals surface area contributed by atoms with Gasteiger partial charge in [-0.15, -0.1) is 0 Å². The van der Waals surface area contributed by atoms with E-state index in [9.17, 15) is 4.79 Å². The molecule has 0 aliphatic heterocycles. The van der Waals surface area contributed by atoms with Gasteiger partial charge in [-0.25, -0.2) is 4.98 Å². The van der Waals surface area contributed by atoms with Gasteiger partial charge in [-0.2, -0.15) is 0 Å². The molecule has 0 atom stereocenters. The second-order valence-electron chi connectivity index (χ2n) is 2.81. The van der Waals surface area contributed by atoms with Crippen molar-refractivity contribution in [1.82, 2.24) is 9.97 Å². The fourth-order valence-electron chi connectivity index (χ4n) is 1.15. The summed E-state index contributed by atoms with van der Waals surface area (Å²) in [5.74, 6) is 0. The van der Waals surface area contributed by atoms with E-state index in [0.717, 1.165) is 5.56 Å². The molecule has 0 aliphatic rings. The van der Waals surface area contributed by atoms with Gasteiger partial charge in [-0.1, -0.05) is 23.7 Å². The van der Waals surface area contributed by atoms with Crippen LogP contribution < -0.4 is 5.56 Å². The molecule has 4 heteroatoms. The molecule has 70 valence electrons. The first-order valence-electron chi connectivity index (χ1n) is 4.06. The average Bonchev–Trinajstić information content (AvgIpc) is 2.19. The van der Waals surface area contributed by atoms with Crippen molar-refractivity contribution >= 4 is 11.6 Å². The third-order valence-electron chi connectivity index (χ3n) is 1.79. The number of rotatable bonds is 1. The summed E-state index contributed by atoms with van der Waals surface area (Å²) in [6.45, 7) is 0. The molecule has 0 unspecified atom stereocenters. The summed E-state index contributed by atoms with van der Waals surface area (Å²) in [5, 5.41) is 0.649. The van der Waals surface area contributed by atoms with Crippen LogP contribution in [-0.2, 0) is 0 Å². The van der Waals surface area contributed by atoms with Crippen LogP contribution in [0.1, 0.15) is 0 Å². The highest BCUT2D eigenvalue weighted by Gasteiger charge is 1.98. The van der Waals surface area contributed by atoms with Gasteiger partial charge in [-0.3, -0.25) is 4.79 Å². The van der Waals surface area contributed by atoms with Crippen molar-refractivity contribution < 1.29 is 0 Å². The van der Waals surface area contributed by atoms with Gasteiger partial charge in [0.1, 0.15) is 0 Å². The van der Waals surface area contributed by atoms with E-state index in [0.29, 0.717) is 10.7 Å². The van der Waals surface area contributed by atoms with Gasteiger partial charge >= 0.3 is 0 Å². The SMILES string of the molecule is O=c1cnc(-c2cccc(Cl)c2)c[nH]1. The lowest BCUT2D eigenvalue weighted by molar-refractivity contribution is 1.14. The largest absolute Gasteiger partial charge is 0.326 e. The van der Waals surface area contributed by atoms with Crippen molar-refractivity contribution in [2.45, 2.75) is 0 Å². The van der Waals surface area contributed by atoms with E-state index in [1.807, 2.05) is 12.1 Å². The lowest BCUT2D eigenvalue weighted by Crippen LogP contribution is -2.04. The number of hydrogen-bond donors (Lipinski definition) is 1. The van der Waals surface area contributed by atoms with Gasteiger partial charge in [0.2, 0.25) is 0 Å². The molecule has 0 fully saturated rings. The van der Waals surface area contributed by atoms with Crippen molar-refractivity contribution in [3.63, 3.8) is 0 Å². The molecule has 0 saturated heterocycles. The summed E-state index contributed by atoms with van der Waals surface area (Å²) >= 11 is 5.83. The number of nitrogens with one attached hydrogen (secondary N) is 1. The van der Waals surface area contributed by atoms with E-state index < -0.39 is 0 Å². The number of hydrogen-bond acceptors (Lipinski definition) is 2. The molecule has 1 aromatic heterocycles. The molecule has 14 heavy (non-hydrogen) atoms. The summed E-state index contributed by atoms with van der Waals surface area (Å²) in [5.41, 5.74) is 1.37. The predicted octanol–water partition coefficient (Wildman–Crippen LogP) is 2.09. The molecule has 3 nitrogen and oxygen atoms in total. The first-order chi connectivity index (χ1) is 6.75. The van der Waals surface area contributed by atoms with E-state index in [4.69, 9.17) is 11.6 Å². The normalized spacial score (nSPS) is 10.1. The third kappa shape index (κ3) is 1.83. The van der Waals surface area contributed by atoms with Crippen LogP contribution in [0.4, 0.5) is 0 Å². The summed E-state index contributed by atoms with van der Waals surface area (Å²) in [7, 11) is 0. The Morgan fingerprint density at radius 3 is 2.86 bits per heavy atom. The molecular weight excluding hydrogens is 200 g/mol. The quantitative estimate of drug-likeness (QED) is 0.777. The second kappa shape index (κ2) is 3.64. The standard InChI is InChI=1S/C10H7ClN2O/c11-8-3-1-2-7(4-8)9-5-13-10(14)6-12-9/h1-6H,(H,13,14). The highest BCUT2D eigenvalue weighted by atomic mass is 35.5. The van der Waals surface area contributed by atoms with Gasteiger partial charge < -0.3 is 4.98 Å². The Kier molecular flexibility index (Phi) is 2.33. The Morgan fingerprint density at radius 2 is 2.21 bits per heavy atom. The minimum absolute atomic E-state index is 0.212. The fraction of sp³-hybridized carbons (Fsp3) is 0. The van der Waals surface area contributed by atoms with Crippen LogP contribution >= 0.6 is 11.6 Å². The Bertz CT molecular complexity index is 487. The van der Waals surface area contributed by atoms with Crippen LogP contribution in [0.15, 0.2) is 41.5 Å². The predicted molar refractivity (Wildman–Crippen MR) is 55.3 cm³/mol. The van der Waals surface area contributed by atoms with Crippen LogP contribution in [0.5, 0.6) is 0 Å². The Labute approximate surface area is 85.4 Å². The lowest BCUT2D eigenvalue weighted by atomic mass is 10.2. The molecule has 0 radical (unpaired) electrons. The number of aromatic nitrogens is 2. The number of halogens is 1. The van der Waals surface area contributed by atoms with E-state index in [2.05, 4.69) is 9.97 Å². The number of H-pyrrole nitrogens is 1. The van der Waals surface area contributed by atoms with E-state index in [1.165, 1.54) is 6.20 Å². The van der Waals surface area contributed by atoms with Crippen molar-refractivity contribution in [2.75, 3.05) is 0 Å². The minimum Gasteiger partial charge on any atom is -0.326 e. The van der Waals surface area contributed by atoms with Gasteiger partial charge in [0.25, 0.3) is 5.56 Å². The smallest absolute Gasteiger partial charge is 0.266 e. The summed E-state index contributed by atoms with van der Waals surface area (Å²) in [4.78, 5) is 17.3. The van der Waals surface area contributed by atoms with Gasteiger partial charge in [-0.05, 0) is 12.1 Å². The first kappa shape index (κ1) is 8.97. The van der Waals surface area contributed by atoms with Crippen LogP contribution in [0.25, 0.3) is 11.3 Å². The Morgan fingerprint density at radius 1 is 1.36 bits per heavy atom. The van der Waals surface area contributed by atoms with Crippen molar-refractivity contribution in [3.8, 4) is 11.3 Å². The van der Waals surface area contributed by atoms with Crippen molar-refractivity contribution in [2.24, 2.45) is 0 Å². The molecule has 0 bridgehead atoms. The highest BCUT2D eigenvalue weighted by molar-refractivity contribution is 6.30. The molecule has 0 aliphatic carbocycles. The minimum atomic E-state index is -0.212. The van der Waals surface area contributed by atoms with Crippen LogP contribution in [-0.4, -0.2) is 9.97 Å². The Balaban J connectivity index is 2.49. The second-order valence-corrected chi connectivity index (χ2v) is 3.24. The first-order valence-corrected chi connectivity index (χ1v) is 4.44. The van der Waals surface area contributed by atoms with Gasteiger partial charge in [0, 0.05) is 16.8 Å². The van der Waals surface area contributed by atoms with Crippen molar-refractivity contribution in [3.05, 3.63) is 52.0 Å². The molecule has 2 aromatic rings. The zero-order chi connectivity index (χ0) is 9.97. The number of benzene rings is 1. The van der Waals surface area contributed by atoms with Crippen LogP contribution in [0.2, 0.25) is 5.02 Å². The molecule has 1 N–H and O–H groups in total.